The zero-order chi connectivity index (χ0) is 23.7. The van der Waals surface area contributed by atoms with Gasteiger partial charge in [-0.15, -0.1) is 21.5 Å². The van der Waals surface area contributed by atoms with E-state index in [-0.39, 0.29) is 5.75 Å². The van der Waals surface area contributed by atoms with Gasteiger partial charge in [0.15, 0.2) is 11.0 Å². The van der Waals surface area contributed by atoms with Gasteiger partial charge in [0.25, 0.3) is 5.91 Å². The van der Waals surface area contributed by atoms with Crippen LogP contribution in [0.25, 0.3) is 10.7 Å². The van der Waals surface area contributed by atoms with Crippen LogP contribution in [0.15, 0.2) is 53.0 Å². The molecule has 0 spiro atoms. The largest absolute Gasteiger partial charge is 0.344 e. The molecule has 176 valence electrons. The van der Waals surface area contributed by atoms with Crippen LogP contribution in [0, 0.1) is 0 Å². The number of carbonyl (C=O) groups excluding carboxylic acids is 3. The standard InChI is InChI=1S/C23H24N6O3S2/c1-23(12-11-15-6-3-2-4-7-15)20(31)29(21(32)24-23)27-18(30)14-34-22-26-25-19(17-8-5-13-33-17)28(22)16-9-10-16/h2-8,13,16H,9-12,14H2,1H3,(H,24,32)(H,27,30). The number of aromatic nitrogens is 3. The Morgan fingerprint density at radius 3 is 2.71 bits per heavy atom. The summed E-state index contributed by atoms with van der Waals surface area (Å²) in [6, 6.07) is 13.4. The highest BCUT2D eigenvalue weighted by Crippen LogP contribution is 2.41. The number of hydrazine groups is 1. The first-order valence-corrected chi connectivity index (χ1v) is 12.9. The molecule has 0 bridgehead atoms. The molecule has 1 aliphatic heterocycles. The lowest BCUT2D eigenvalue weighted by molar-refractivity contribution is -0.138. The fourth-order valence-electron chi connectivity index (χ4n) is 3.89. The second-order valence-corrected chi connectivity index (χ2v) is 10.5. The molecule has 34 heavy (non-hydrogen) atoms. The van der Waals surface area contributed by atoms with E-state index in [1.807, 2.05) is 47.8 Å². The number of hydrogen-bond acceptors (Lipinski definition) is 7. The van der Waals surface area contributed by atoms with Gasteiger partial charge in [0.1, 0.15) is 5.54 Å². The number of amides is 4. The van der Waals surface area contributed by atoms with Crippen molar-refractivity contribution >= 4 is 40.9 Å². The molecule has 1 saturated heterocycles. The molecule has 4 amide bonds. The summed E-state index contributed by atoms with van der Waals surface area (Å²) >= 11 is 2.84. The SMILES string of the molecule is CC1(CCc2ccccc2)NC(=O)N(NC(=O)CSc2nnc(-c3cccs3)n2C2CC2)C1=O. The molecule has 11 heteroatoms. The molecule has 2 aliphatic rings. The van der Waals surface area contributed by atoms with E-state index < -0.39 is 23.4 Å². The lowest BCUT2D eigenvalue weighted by atomic mass is 9.93. The average Bonchev–Trinajstić information content (AvgIpc) is 3.27. The van der Waals surface area contributed by atoms with Gasteiger partial charge >= 0.3 is 6.03 Å². The van der Waals surface area contributed by atoms with Crippen LogP contribution in [0.4, 0.5) is 4.79 Å². The number of rotatable bonds is 9. The molecule has 2 N–H and O–H groups in total. The second kappa shape index (κ2) is 9.22. The van der Waals surface area contributed by atoms with E-state index in [4.69, 9.17) is 0 Å². The van der Waals surface area contributed by atoms with Crippen LogP contribution >= 0.6 is 23.1 Å². The third-order valence-corrected chi connectivity index (χ3v) is 7.71. The van der Waals surface area contributed by atoms with Gasteiger partial charge in [0.2, 0.25) is 5.91 Å². The normalized spacial score (nSPS) is 20.0. The first-order valence-electron chi connectivity index (χ1n) is 11.1. The van der Waals surface area contributed by atoms with Gasteiger partial charge in [0.05, 0.1) is 10.6 Å². The Hall–Kier alpha value is -3.18. The predicted molar refractivity (Wildman–Crippen MR) is 129 cm³/mol. The molecule has 9 nitrogen and oxygen atoms in total. The molecule has 1 aliphatic carbocycles. The van der Waals surface area contributed by atoms with Crippen molar-refractivity contribution in [2.75, 3.05) is 5.75 Å². The number of benzene rings is 1. The summed E-state index contributed by atoms with van der Waals surface area (Å²) in [6.45, 7) is 1.68. The van der Waals surface area contributed by atoms with E-state index in [9.17, 15) is 14.4 Å². The van der Waals surface area contributed by atoms with E-state index in [1.54, 1.807) is 18.3 Å². The average molecular weight is 497 g/mol. The number of imide groups is 1. The predicted octanol–water partition coefficient (Wildman–Crippen LogP) is 3.41. The van der Waals surface area contributed by atoms with Crippen LogP contribution in [0.3, 0.4) is 0 Å². The lowest BCUT2D eigenvalue weighted by Crippen LogP contribution is -2.49. The van der Waals surface area contributed by atoms with E-state index in [0.29, 0.717) is 24.0 Å². The minimum Gasteiger partial charge on any atom is -0.322 e. The van der Waals surface area contributed by atoms with Gasteiger partial charge < -0.3 is 5.32 Å². The molecule has 2 aromatic heterocycles. The van der Waals surface area contributed by atoms with Crippen molar-refractivity contribution in [3.8, 4) is 10.7 Å². The second-order valence-electron chi connectivity index (χ2n) is 8.60. The summed E-state index contributed by atoms with van der Waals surface area (Å²) in [5.41, 5.74) is 2.46. The topological polar surface area (TPSA) is 109 Å². The fraction of sp³-hybridized carbons (Fsp3) is 0.348. The molecule has 3 heterocycles. The molecular formula is C23H24N6O3S2. The number of urea groups is 1. The first-order chi connectivity index (χ1) is 16.4. The monoisotopic (exact) mass is 496 g/mol. The molecule has 1 saturated carbocycles. The summed E-state index contributed by atoms with van der Waals surface area (Å²) in [5.74, 6) is -0.104. The third kappa shape index (κ3) is 4.58. The third-order valence-electron chi connectivity index (χ3n) is 5.90. The van der Waals surface area contributed by atoms with Crippen molar-refractivity contribution in [1.82, 2.24) is 30.5 Å². The number of carbonyl (C=O) groups is 3. The fourth-order valence-corrected chi connectivity index (χ4v) is 5.40. The molecule has 3 aromatic rings. The molecule has 0 radical (unpaired) electrons. The number of aryl methyl sites for hydroxylation is 1. The van der Waals surface area contributed by atoms with Gasteiger partial charge in [-0.3, -0.25) is 19.6 Å². The summed E-state index contributed by atoms with van der Waals surface area (Å²) in [4.78, 5) is 39.1. The Kier molecular flexibility index (Phi) is 6.13. The maximum atomic E-state index is 13.0. The van der Waals surface area contributed by atoms with Crippen LogP contribution in [-0.4, -0.2) is 48.9 Å². The van der Waals surface area contributed by atoms with Gasteiger partial charge in [-0.1, -0.05) is 48.2 Å². The summed E-state index contributed by atoms with van der Waals surface area (Å²) in [6.07, 6.45) is 3.17. The van der Waals surface area contributed by atoms with E-state index in [0.717, 1.165) is 34.1 Å². The first kappa shape index (κ1) is 22.6. The number of nitrogens with one attached hydrogen (secondary N) is 2. The minimum atomic E-state index is -1.07. The highest BCUT2D eigenvalue weighted by molar-refractivity contribution is 7.99. The van der Waals surface area contributed by atoms with Gasteiger partial charge in [-0.25, -0.2) is 4.79 Å². The molecular weight excluding hydrogens is 472 g/mol. The van der Waals surface area contributed by atoms with Gasteiger partial charge in [-0.05, 0) is 49.6 Å². The maximum Gasteiger partial charge on any atom is 0.344 e. The Balaban J connectivity index is 1.20. The number of thiophene rings is 1. The van der Waals surface area contributed by atoms with Crippen molar-refractivity contribution in [2.45, 2.75) is 49.3 Å². The Labute approximate surface area is 204 Å². The van der Waals surface area contributed by atoms with Crippen molar-refractivity contribution in [3.63, 3.8) is 0 Å². The highest BCUT2D eigenvalue weighted by Gasteiger charge is 2.48. The molecule has 1 aromatic carbocycles. The zero-order valence-electron chi connectivity index (χ0n) is 18.6. The van der Waals surface area contributed by atoms with Gasteiger partial charge in [0, 0.05) is 6.04 Å². The summed E-state index contributed by atoms with van der Waals surface area (Å²) in [5, 5.41) is 14.8. The zero-order valence-corrected chi connectivity index (χ0v) is 20.2. The van der Waals surface area contributed by atoms with Crippen LogP contribution in [0.5, 0.6) is 0 Å². The molecule has 1 unspecified atom stereocenters. The van der Waals surface area contributed by atoms with Crippen molar-refractivity contribution in [2.24, 2.45) is 0 Å². The Morgan fingerprint density at radius 1 is 1.21 bits per heavy atom. The van der Waals surface area contributed by atoms with Crippen molar-refractivity contribution in [1.29, 1.82) is 0 Å². The lowest BCUT2D eigenvalue weighted by Gasteiger charge is -2.21. The smallest absolute Gasteiger partial charge is 0.322 e. The molecule has 5 rings (SSSR count). The van der Waals surface area contributed by atoms with Crippen LogP contribution in [0.2, 0.25) is 0 Å². The number of nitrogens with zero attached hydrogens (tertiary/aromatic N) is 4. The van der Waals surface area contributed by atoms with Gasteiger partial charge in [-0.2, -0.15) is 5.01 Å². The summed E-state index contributed by atoms with van der Waals surface area (Å²) in [7, 11) is 0. The Bertz CT molecular complexity index is 1210. The van der Waals surface area contributed by atoms with E-state index in [1.165, 1.54) is 11.8 Å². The maximum absolute atomic E-state index is 13.0. The van der Waals surface area contributed by atoms with Crippen LogP contribution < -0.4 is 10.7 Å². The van der Waals surface area contributed by atoms with Crippen LogP contribution in [0.1, 0.15) is 37.8 Å². The van der Waals surface area contributed by atoms with Crippen molar-refractivity contribution in [3.05, 3.63) is 53.4 Å². The van der Waals surface area contributed by atoms with E-state index >= 15 is 0 Å². The molecule has 2 fully saturated rings. The highest BCUT2D eigenvalue weighted by atomic mass is 32.2. The quantitative estimate of drug-likeness (QED) is 0.347. The van der Waals surface area contributed by atoms with E-state index in [2.05, 4.69) is 25.5 Å². The number of thioether (sulfide) groups is 1. The van der Waals surface area contributed by atoms with Crippen molar-refractivity contribution < 1.29 is 14.4 Å². The molecule has 1 atom stereocenters. The Morgan fingerprint density at radius 2 is 2.00 bits per heavy atom. The van der Waals surface area contributed by atoms with Crippen LogP contribution in [-0.2, 0) is 16.0 Å². The number of hydrogen-bond donors (Lipinski definition) is 2. The minimum absolute atomic E-state index is 0.00703. The summed E-state index contributed by atoms with van der Waals surface area (Å²) < 4.78 is 2.08.